The minimum Gasteiger partial charge on any atom is -0.345 e. The lowest BCUT2D eigenvalue weighted by Crippen LogP contribution is -2.16. The van der Waals surface area contributed by atoms with E-state index in [2.05, 4.69) is 11.5 Å². The predicted octanol–water partition coefficient (Wildman–Crippen LogP) is 4.03. The summed E-state index contributed by atoms with van der Waals surface area (Å²) in [5, 5.41) is 0. The molecule has 1 saturated carbocycles. The minimum absolute atomic E-state index is 0.0434. The molecule has 0 aromatic carbocycles. The fourth-order valence-corrected chi connectivity index (χ4v) is 3.18. The fourth-order valence-electron chi connectivity index (χ4n) is 3.03. The molecule has 3 heteroatoms. The molecule has 0 amide bonds. The van der Waals surface area contributed by atoms with Crippen LogP contribution in [0.15, 0.2) is 6.07 Å². The van der Waals surface area contributed by atoms with E-state index in [4.69, 9.17) is 11.6 Å². The summed E-state index contributed by atoms with van der Waals surface area (Å²) in [5.41, 5.74) is 3.10. The average molecular weight is 254 g/mol. The van der Waals surface area contributed by atoms with Crippen LogP contribution in [-0.2, 0) is 0 Å². The van der Waals surface area contributed by atoms with E-state index in [9.17, 15) is 4.79 Å². The molecule has 0 atom stereocenters. The van der Waals surface area contributed by atoms with E-state index in [1.807, 2.05) is 13.0 Å². The highest BCUT2D eigenvalue weighted by atomic mass is 35.5. The number of halogens is 1. The summed E-state index contributed by atoms with van der Waals surface area (Å²) >= 11 is 5.65. The normalized spacial score (nSPS) is 17.4. The third-order valence-electron chi connectivity index (χ3n) is 3.85. The number of nitrogens with zero attached hydrogens (tertiary/aromatic N) is 1. The monoisotopic (exact) mass is 253 g/mol. The minimum atomic E-state index is 0.0434. The van der Waals surface area contributed by atoms with E-state index in [1.54, 1.807) is 0 Å². The van der Waals surface area contributed by atoms with Gasteiger partial charge in [-0.25, -0.2) is 0 Å². The van der Waals surface area contributed by atoms with Crippen molar-refractivity contribution in [2.24, 2.45) is 0 Å². The Hall–Kier alpha value is -0.760. The Balaban J connectivity index is 2.33. The molecule has 0 saturated heterocycles. The standard InChI is InChI=1S/C14H20ClNO/c1-10-8-13(14(17)9-15)11(2)16(10)12-6-4-3-5-7-12/h8,12H,3-7,9H2,1-2H3. The first kappa shape index (κ1) is 12.7. The summed E-state index contributed by atoms with van der Waals surface area (Å²) < 4.78 is 2.35. The summed E-state index contributed by atoms with van der Waals surface area (Å²) in [6.45, 7) is 4.13. The Morgan fingerprint density at radius 2 is 2.00 bits per heavy atom. The van der Waals surface area contributed by atoms with E-state index >= 15 is 0 Å². The molecule has 0 radical (unpaired) electrons. The largest absolute Gasteiger partial charge is 0.345 e. The zero-order valence-corrected chi connectivity index (χ0v) is 11.4. The van der Waals surface area contributed by atoms with Crippen LogP contribution in [0.1, 0.15) is 59.9 Å². The van der Waals surface area contributed by atoms with Crippen molar-refractivity contribution in [2.75, 3.05) is 5.88 Å². The van der Waals surface area contributed by atoms with Crippen molar-refractivity contribution < 1.29 is 4.79 Å². The van der Waals surface area contributed by atoms with Gasteiger partial charge in [0.15, 0.2) is 5.78 Å². The molecule has 17 heavy (non-hydrogen) atoms. The van der Waals surface area contributed by atoms with Crippen molar-refractivity contribution in [1.82, 2.24) is 4.57 Å². The molecule has 2 rings (SSSR count). The van der Waals surface area contributed by atoms with Gasteiger partial charge in [-0.1, -0.05) is 19.3 Å². The van der Waals surface area contributed by atoms with Gasteiger partial charge in [-0.2, -0.15) is 0 Å². The van der Waals surface area contributed by atoms with E-state index in [1.165, 1.54) is 37.8 Å². The molecule has 1 heterocycles. The van der Waals surface area contributed by atoms with Gasteiger partial charge in [-0.3, -0.25) is 4.79 Å². The van der Waals surface area contributed by atoms with Crippen molar-refractivity contribution >= 4 is 17.4 Å². The average Bonchev–Trinajstić information content (AvgIpc) is 2.65. The number of aryl methyl sites for hydroxylation is 1. The first-order chi connectivity index (χ1) is 8.15. The lowest BCUT2D eigenvalue weighted by Gasteiger charge is -2.26. The number of carbonyl (C=O) groups is 1. The van der Waals surface area contributed by atoms with Crippen LogP contribution in [0.5, 0.6) is 0 Å². The maximum absolute atomic E-state index is 11.7. The lowest BCUT2D eigenvalue weighted by molar-refractivity contribution is 0.102. The molecule has 0 bridgehead atoms. The topological polar surface area (TPSA) is 22.0 Å². The van der Waals surface area contributed by atoms with E-state index in [0.29, 0.717) is 6.04 Å². The summed E-state index contributed by atoms with van der Waals surface area (Å²) in [7, 11) is 0. The van der Waals surface area contributed by atoms with Crippen LogP contribution in [0.25, 0.3) is 0 Å². The van der Waals surface area contributed by atoms with Gasteiger partial charge in [0.25, 0.3) is 0 Å². The number of hydrogen-bond acceptors (Lipinski definition) is 1. The van der Waals surface area contributed by atoms with Gasteiger partial charge in [0.1, 0.15) is 0 Å². The number of aromatic nitrogens is 1. The maximum atomic E-state index is 11.7. The van der Waals surface area contributed by atoms with Crippen molar-refractivity contribution in [3.8, 4) is 0 Å². The van der Waals surface area contributed by atoms with Gasteiger partial charge in [0, 0.05) is 23.0 Å². The van der Waals surface area contributed by atoms with Crippen LogP contribution in [0, 0.1) is 13.8 Å². The molecule has 0 aliphatic heterocycles. The lowest BCUT2D eigenvalue weighted by atomic mass is 9.95. The highest BCUT2D eigenvalue weighted by Gasteiger charge is 2.21. The molecule has 1 aromatic heterocycles. The van der Waals surface area contributed by atoms with Crippen molar-refractivity contribution in [3.05, 3.63) is 23.0 Å². The summed E-state index contributed by atoms with van der Waals surface area (Å²) in [6, 6.07) is 2.58. The molecule has 1 aliphatic carbocycles. The zero-order chi connectivity index (χ0) is 12.4. The second-order valence-electron chi connectivity index (χ2n) is 5.00. The maximum Gasteiger partial charge on any atom is 0.179 e. The Kier molecular flexibility index (Phi) is 3.93. The second kappa shape index (κ2) is 5.26. The highest BCUT2D eigenvalue weighted by Crippen LogP contribution is 2.32. The van der Waals surface area contributed by atoms with E-state index < -0.39 is 0 Å². The summed E-state index contributed by atoms with van der Waals surface area (Å²) in [5.74, 6) is 0.122. The van der Waals surface area contributed by atoms with Crippen LogP contribution in [0.4, 0.5) is 0 Å². The van der Waals surface area contributed by atoms with Crippen molar-refractivity contribution in [2.45, 2.75) is 52.0 Å². The second-order valence-corrected chi connectivity index (χ2v) is 5.27. The molecule has 0 N–H and O–H groups in total. The first-order valence-electron chi connectivity index (χ1n) is 6.42. The van der Waals surface area contributed by atoms with E-state index in [-0.39, 0.29) is 11.7 Å². The highest BCUT2D eigenvalue weighted by molar-refractivity contribution is 6.30. The Morgan fingerprint density at radius 3 is 2.59 bits per heavy atom. The van der Waals surface area contributed by atoms with Gasteiger partial charge in [-0.15, -0.1) is 11.6 Å². The number of hydrogen-bond donors (Lipinski definition) is 0. The molecule has 2 nitrogen and oxygen atoms in total. The molecular formula is C14H20ClNO. The zero-order valence-electron chi connectivity index (χ0n) is 10.6. The number of alkyl halides is 1. The fraction of sp³-hybridized carbons (Fsp3) is 0.643. The van der Waals surface area contributed by atoms with Crippen LogP contribution in [-0.4, -0.2) is 16.2 Å². The Bertz CT molecular complexity index is 416. The summed E-state index contributed by atoms with van der Waals surface area (Å²) in [4.78, 5) is 11.7. The first-order valence-corrected chi connectivity index (χ1v) is 6.96. The Morgan fingerprint density at radius 1 is 1.35 bits per heavy atom. The number of Topliss-reactive ketones (excluding diaryl/α,β-unsaturated/α-hetero) is 1. The van der Waals surface area contributed by atoms with Gasteiger partial charge < -0.3 is 4.57 Å². The van der Waals surface area contributed by atoms with Gasteiger partial charge in [0.2, 0.25) is 0 Å². The van der Waals surface area contributed by atoms with Gasteiger partial charge in [-0.05, 0) is 32.8 Å². The number of ketones is 1. The van der Waals surface area contributed by atoms with Crippen molar-refractivity contribution in [3.63, 3.8) is 0 Å². The molecule has 1 fully saturated rings. The number of rotatable bonds is 3. The molecule has 1 aliphatic rings. The summed E-state index contributed by atoms with van der Waals surface area (Å²) in [6.07, 6.45) is 6.44. The third-order valence-corrected chi connectivity index (χ3v) is 4.09. The predicted molar refractivity (Wildman–Crippen MR) is 71.1 cm³/mol. The number of carbonyl (C=O) groups excluding carboxylic acids is 1. The van der Waals surface area contributed by atoms with Gasteiger partial charge >= 0.3 is 0 Å². The molecule has 94 valence electrons. The SMILES string of the molecule is Cc1cc(C(=O)CCl)c(C)n1C1CCCCC1. The van der Waals surface area contributed by atoms with Crippen LogP contribution < -0.4 is 0 Å². The molecule has 0 spiro atoms. The van der Waals surface area contributed by atoms with Crippen LogP contribution >= 0.6 is 11.6 Å². The van der Waals surface area contributed by atoms with Crippen LogP contribution in [0.3, 0.4) is 0 Å². The third kappa shape index (κ3) is 2.42. The Labute approximate surface area is 108 Å². The van der Waals surface area contributed by atoms with Crippen LogP contribution in [0.2, 0.25) is 0 Å². The molecule has 0 unspecified atom stereocenters. The van der Waals surface area contributed by atoms with Crippen molar-refractivity contribution in [1.29, 1.82) is 0 Å². The quantitative estimate of drug-likeness (QED) is 0.589. The van der Waals surface area contributed by atoms with Gasteiger partial charge in [0.05, 0.1) is 5.88 Å². The molecular weight excluding hydrogens is 234 g/mol. The molecule has 1 aromatic rings. The smallest absolute Gasteiger partial charge is 0.179 e. The van der Waals surface area contributed by atoms with E-state index in [0.717, 1.165) is 11.3 Å².